The zero-order valence-corrected chi connectivity index (χ0v) is 12.5. The van der Waals surface area contributed by atoms with Crippen LogP contribution in [0.4, 0.5) is 0 Å². The molecule has 1 N–H and O–H groups in total. The lowest BCUT2D eigenvalue weighted by molar-refractivity contribution is 0.391. The summed E-state index contributed by atoms with van der Waals surface area (Å²) >= 11 is 0. The van der Waals surface area contributed by atoms with Crippen molar-refractivity contribution in [2.45, 2.75) is 13.0 Å². The Kier molecular flexibility index (Phi) is 4.82. The van der Waals surface area contributed by atoms with Gasteiger partial charge in [0.05, 0.1) is 14.2 Å². The molecule has 1 saturated heterocycles. The molecule has 3 atom stereocenters. The maximum atomic E-state index is 12.0. The highest BCUT2D eigenvalue weighted by atomic mass is 32.2. The molecule has 0 saturated carbocycles. The first-order valence-electron chi connectivity index (χ1n) is 6.44. The average molecular weight is 283 g/mol. The number of nitrogens with one attached hydrogen (secondary N) is 1. The molecule has 2 rings (SSSR count). The van der Waals surface area contributed by atoms with Crippen molar-refractivity contribution in [3.8, 4) is 11.5 Å². The van der Waals surface area contributed by atoms with Crippen LogP contribution in [0, 0.1) is 5.92 Å². The minimum Gasteiger partial charge on any atom is -0.497 e. The number of hydrogen-bond donors (Lipinski definition) is 1. The summed E-state index contributed by atoms with van der Waals surface area (Å²) in [5.74, 6) is 3.41. The summed E-state index contributed by atoms with van der Waals surface area (Å²) in [6, 6.07) is 5.78. The maximum Gasteiger partial charge on any atom is 0.123 e. The van der Waals surface area contributed by atoms with Crippen LogP contribution >= 0.6 is 0 Å². The van der Waals surface area contributed by atoms with Gasteiger partial charge in [0.1, 0.15) is 11.5 Å². The average Bonchev–Trinajstić information content (AvgIpc) is 2.58. The van der Waals surface area contributed by atoms with Crippen molar-refractivity contribution in [2.75, 3.05) is 32.3 Å². The van der Waals surface area contributed by atoms with Crippen LogP contribution in [-0.4, -0.2) is 36.5 Å². The molecule has 106 valence electrons. The first-order valence-corrected chi connectivity index (χ1v) is 7.93. The van der Waals surface area contributed by atoms with Crippen molar-refractivity contribution in [3.05, 3.63) is 23.8 Å². The SMILES string of the molecule is COc1ccc(OC)c(C2CS(=O)CC(C)CN2)c1. The largest absolute Gasteiger partial charge is 0.497 e. The molecular formula is C14H21NO3S. The highest BCUT2D eigenvalue weighted by Crippen LogP contribution is 2.31. The van der Waals surface area contributed by atoms with Crippen LogP contribution in [-0.2, 0) is 10.8 Å². The lowest BCUT2D eigenvalue weighted by atomic mass is 10.1. The highest BCUT2D eigenvalue weighted by Gasteiger charge is 2.24. The van der Waals surface area contributed by atoms with Gasteiger partial charge in [0.2, 0.25) is 0 Å². The second-order valence-corrected chi connectivity index (χ2v) is 6.49. The summed E-state index contributed by atoms with van der Waals surface area (Å²) in [7, 11) is 2.50. The maximum absolute atomic E-state index is 12.0. The van der Waals surface area contributed by atoms with E-state index in [0.29, 0.717) is 11.7 Å². The predicted octanol–water partition coefficient (Wildman–Crippen LogP) is 1.73. The quantitative estimate of drug-likeness (QED) is 0.918. The van der Waals surface area contributed by atoms with Crippen molar-refractivity contribution in [2.24, 2.45) is 5.92 Å². The van der Waals surface area contributed by atoms with E-state index >= 15 is 0 Å². The highest BCUT2D eigenvalue weighted by molar-refractivity contribution is 7.85. The molecule has 1 aliphatic rings. The Morgan fingerprint density at radius 1 is 1.26 bits per heavy atom. The van der Waals surface area contributed by atoms with Gasteiger partial charge >= 0.3 is 0 Å². The van der Waals surface area contributed by atoms with Crippen molar-refractivity contribution >= 4 is 10.8 Å². The van der Waals surface area contributed by atoms with Gasteiger partial charge in [0.25, 0.3) is 0 Å². The van der Waals surface area contributed by atoms with E-state index in [0.717, 1.165) is 29.4 Å². The number of benzene rings is 1. The summed E-state index contributed by atoms with van der Waals surface area (Å²) in [4.78, 5) is 0. The smallest absolute Gasteiger partial charge is 0.123 e. The van der Waals surface area contributed by atoms with Gasteiger partial charge in [-0.1, -0.05) is 6.92 Å². The van der Waals surface area contributed by atoms with Gasteiger partial charge in [-0.3, -0.25) is 4.21 Å². The third-order valence-electron chi connectivity index (χ3n) is 3.35. The third-order valence-corrected chi connectivity index (χ3v) is 4.99. The fraction of sp³-hybridized carbons (Fsp3) is 0.571. The van der Waals surface area contributed by atoms with E-state index in [1.807, 2.05) is 18.2 Å². The van der Waals surface area contributed by atoms with E-state index in [4.69, 9.17) is 9.47 Å². The van der Waals surface area contributed by atoms with Crippen LogP contribution in [0.25, 0.3) is 0 Å². The second-order valence-electron chi connectivity index (χ2n) is 4.95. The summed E-state index contributed by atoms with van der Waals surface area (Å²) in [5, 5.41) is 3.48. The van der Waals surface area contributed by atoms with Crippen LogP contribution in [0.2, 0.25) is 0 Å². The molecule has 0 bridgehead atoms. The van der Waals surface area contributed by atoms with Gasteiger partial charge in [0.15, 0.2) is 0 Å². The first kappa shape index (κ1) is 14.3. The van der Waals surface area contributed by atoms with Crippen molar-refractivity contribution in [1.82, 2.24) is 5.32 Å². The lowest BCUT2D eigenvalue weighted by Gasteiger charge is -2.19. The second kappa shape index (κ2) is 6.39. The molecule has 1 aromatic rings. The van der Waals surface area contributed by atoms with E-state index in [1.165, 1.54) is 0 Å². The van der Waals surface area contributed by atoms with Crippen LogP contribution in [0.15, 0.2) is 18.2 Å². The monoisotopic (exact) mass is 283 g/mol. The molecule has 1 aliphatic heterocycles. The topological polar surface area (TPSA) is 47.6 Å². The van der Waals surface area contributed by atoms with Crippen LogP contribution < -0.4 is 14.8 Å². The molecule has 1 aromatic carbocycles. The Balaban J connectivity index is 2.30. The van der Waals surface area contributed by atoms with Gasteiger partial charge < -0.3 is 14.8 Å². The molecule has 1 fully saturated rings. The fourth-order valence-corrected chi connectivity index (χ4v) is 3.90. The van der Waals surface area contributed by atoms with E-state index in [1.54, 1.807) is 14.2 Å². The Labute approximate surface area is 116 Å². The Morgan fingerprint density at radius 3 is 2.74 bits per heavy atom. The van der Waals surface area contributed by atoms with Gasteiger partial charge in [-0.2, -0.15) is 0 Å². The van der Waals surface area contributed by atoms with Crippen LogP contribution in [0.3, 0.4) is 0 Å². The van der Waals surface area contributed by atoms with Crippen molar-refractivity contribution in [1.29, 1.82) is 0 Å². The summed E-state index contributed by atoms with van der Waals surface area (Å²) < 4.78 is 22.7. The number of rotatable bonds is 3. The number of methoxy groups -OCH3 is 2. The number of hydrogen-bond acceptors (Lipinski definition) is 4. The zero-order chi connectivity index (χ0) is 13.8. The van der Waals surface area contributed by atoms with Crippen LogP contribution in [0.5, 0.6) is 11.5 Å². The molecule has 4 nitrogen and oxygen atoms in total. The third kappa shape index (κ3) is 3.48. The van der Waals surface area contributed by atoms with E-state index in [2.05, 4.69) is 12.2 Å². The Bertz CT molecular complexity index is 464. The molecule has 0 spiro atoms. The standard InChI is InChI=1S/C14H21NO3S/c1-10-7-15-13(9-19(16)8-10)12-6-11(17-2)4-5-14(12)18-3/h4-6,10,13,15H,7-9H2,1-3H3. The molecule has 0 amide bonds. The summed E-state index contributed by atoms with van der Waals surface area (Å²) in [5.41, 5.74) is 1.02. The molecule has 3 unspecified atom stereocenters. The molecule has 5 heteroatoms. The summed E-state index contributed by atoms with van der Waals surface area (Å²) in [6.45, 7) is 2.99. The molecule has 19 heavy (non-hydrogen) atoms. The predicted molar refractivity (Wildman–Crippen MR) is 77.3 cm³/mol. The lowest BCUT2D eigenvalue weighted by Crippen LogP contribution is -2.26. The van der Waals surface area contributed by atoms with Crippen molar-refractivity contribution < 1.29 is 13.7 Å². The molecular weight excluding hydrogens is 262 g/mol. The van der Waals surface area contributed by atoms with E-state index in [-0.39, 0.29) is 6.04 Å². The summed E-state index contributed by atoms with van der Waals surface area (Å²) in [6.07, 6.45) is 0. The zero-order valence-electron chi connectivity index (χ0n) is 11.6. The van der Waals surface area contributed by atoms with E-state index < -0.39 is 10.8 Å². The van der Waals surface area contributed by atoms with Crippen molar-refractivity contribution in [3.63, 3.8) is 0 Å². The van der Waals surface area contributed by atoms with Crippen LogP contribution in [0.1, 0.15) is 18.5 Å². The molecule has 0 radical (unpaired) electrons. The Hall–Kier alpha value is -1.07. The number of ether oxygens (including phenoxy) is 2. The fourth-order valence-electron chi connectivity index (χ4n) is 2.34. The minimum atomic E-state index is -0.796. The Morgan fingerprint density at radius 2 is 2.05 bits per heavy atom. The van der Waals surface area contributed by atoms with E-state index in [9.17, 15) is 4.21 Å². The normalized spacial score (nSPS) is 27.6. The first-order chi connectivity index (χ1) is 9.13. The molecule has 0 aromatic heterocycles. The van der Waals surface area contributed by atoms with Gasteiger partial charge in [-0.15, -0.1) is 0 Å². The molecule has 0 aliphatic carbocycles. The molecule has 1 heterocycles. The van der Waals surface area contributed by atoms with Gasteiger partial charge in [0, 0.05) is 33.9 Å². The van der Waals surface area contributed by atoms with Gasteiger partial charge in [-0.05, 0) is 30.7 Å². The van der Waals surface area contributed by atoms with Gasteiger partial charge in [-0.25, -0.2) is 0 Å². The minimum absolute atomic E-state index is 0.0517.